The molecule has 2 amide bonds. The van der Waals surface area contributed by atoms with Crippen molar-refractivity contribution in [1.29, 1.82) is 0 Å². The number of para-hydroxylation sites is 2. The Hall–Kier alpha value is -3.73. The van der Waals surface area contributed by atoms with Crippen LogP contribution in [-0.2, 0) is 5.41 Å². The van der Waals surface area contributed by atoms with Crippen LogP contribution in [0.2, 0.25) is 0 Å². The van der Waals surface area contributed by atoms with Crippen LogP contribution < -0.4 is 4.90 Å². The maximum atomic E-state index is 12.7. The van der Waals surface area contributed by atoms with Crippen LogP contribution in [-0.4, -0.2) is 42.1 Å². The monoisotopic (exact) mass is 435 g/mol. The number of rotatable bonds is 5. The van der Waals surface area contributed by atoms with E-state index in [9.17, 15) is 9.59 Å². The Balaban J connectivity index is 1.21. The maximum Gasteiger partial charge on any atom is 0.261 e. The van der Waals surface area contributed by atoms with E-state index in [-0.39, 0.29) is 17.2 Å². The number of nitrogens with zero attached hydrogens (tertiary/aromatic N) is 3. The summed E-state index contributed by atoms with van der Waals surface area (Å²) in [7, 11) is 0. The summed E-state index contributed by atoms with van der Waals surface area (Å²) in [6.45, 7) is 2.30. The summed E-state index contributed by atoms with van der Waals surface area (Å²) in [6.07, 6.45) is 2.50. The third-order valence-electron chi connectivity index (χ3n) is 7.29. The van der Waals surface area contributed by atoms with Crippen molar-refractivity contribution < 1.29 is 9.59 Å². The highest BCUT2D eigenvalue weighted by molar-refractivity contribution is 6.21. The van der Waals surface area contributed by atoms with Gasteiger partial charge in [-0.05, 0) is 55.2 Å². The van der Waals surface area contributed by atoms with E-state index in [1.54, 1.807) is 24.3 Å². The molecule has 1 saturated heterocycles. The minimum absolute atomic E-state index is 0.103. The minimum Gasteiger partial charge on any atom is -0.370 e. The van der Waals surface area contributed by atoms with E-state index in [0.29, 0.717) is 24.1 Å². The molecule has 0 aliphatic carbocycles. The molecule has 5 nitrogen and oxygen atoms in total. The Bertz CT molecular complexity index is 1250. The lowest BCUT2D eigenvalue weighted by Crippen LogP contribution is -2.37. The number of carbonyl (C=O) groups excluding carboxylic acids is 2. The van der Waals surface area contributed by atoms with Gasteiger partial charge in [0.05, 0.1) is 22.2 Å². The molecule has 0 saturated carbocycles. The van der Waals surface area contributed by atoms with Gasteiger partial charge >= 0.3 is 0 Å². The molecule has 1 unspecified atom stereocenters. The van der Waals surface area contributed by atoms with Gasteiger partial charge in [-0.25, -0.2) is 0 Å². The Kier molecular flexibility index (Phi) is 4.64. The van der Waals surface area contributed by atoms with Gasteiger partial charge in [-0.2, -0.15) is 0 Å². The molecule has 1 spiro atoms. The number of fused-ring (bicyclic) bond motifs is 3. The lowest BCUT2D eigenvalue weighted by molar-refractivity contribution is 0.0653. The van der Waals surface area contributed by atoms with Crippen molar-refractivity contribution in [3.63, 3.8) is 0 Å². The normalized spacial score (nSPS) is 21.0. The molecular weight excluding hydrogens is 410 g/mol. The summed E-state index contributed by atoms with van der Waals surface area (Å²) in [5, 5.41) is 0. The standard InChI is InChI=1S/C28H25N3O2/c32-26-21-11-4-5-12-22(21)27(33)31(26)17-8-15-25-28(23-13-6-7-14-24(23)29-25)16-18-30(19-28)20-9-2-1-3-10-20/h1-7,9-14H,8,15-19H2. The lowest BCUT2D eigenvalue weighted by Gasteiger charge is -2.29. The average Bonchev–Trinajstić information content (AvgIpc) is 3.51. The summed E-state index contributed by atoms with van der Waals surface area (Å²) in [5.74, 6) is -0.365. The van der Waals surface area contributed by atoms with E-state index in [1.165, 1.54) is 21.9 Å². The predicted molar refractivity (Wildman–Crippen MR) is 130 cm³/mol. The summed E-state index contributed by atoms with van der Waals surface area (Å²) in [6, 6.07) is 26.1. The Morgan fingerprint density at radius 2 is 1.48 bits per heavy atom. The molecule has 3 aliphatic heterocycles. The van der Waals surface area contributed by atoms with Crippen molar-refractivity contribution in [2.75, 3.05) is 24.5 Å². The van der Waals surface area contributed by atoms with Crippen molar-refractivity contribution in [3.05, 3.63) is 95.6 Å². The summed E-state index contributed by atoms with van der Waals surface area (Å²) in [4.78, 5) is 34.4. The number of hydrogen-bond donors (Lipinski definition) is 0. The fourth-order valence-electron chi connectivity index (χ4n) is 5.65. The first kappa shape index (κ1) is 19.9. The van der Waals surface area contributed by atoms with Crippen LogP contribution in [0.5, 0.6) is 0 Å². The molecule has 1 fully saturated rings. The Morgan fingerprint density at radius 1 is 0.818 bits per heavy atom. The van der Waals surface area contributed by atoms with Crippen molar-refractivity contribution >= 4 is 28.9 Å². The van der Waals surface area contributed by atoms with E-state index in [4.69, 9.17) is 4.99 Å². The zero-order valence-corrected chi connectivity index (χ0v) is 18.4. The number of imide groups is 1. The third-order valence-corrected chi connectivity index (χ3v) is 7.29. The molecule has 164 valence electrons. The molecular formula is C28H25N3O2. The van der Waals surface area contributed by atoms with Gasteiger partial charge in [-0.15, -0.1) is 0 Å². The number of benzene rings is 3. The quantitative estimate of drug-likeness (QED) is 0.530. The fraction of sp³-hybridized carbons (Fsp3) is 0.250. The molecule has 1 atom stereocenters. The smallest absolute Gasteiger partial charge is 0.261 e. The SMILES string of the molecule is O=C1c2ccccc2C(=O)N1CCCC1=Nc2ccccc2C12CCN(c1ccccc1)C2. The number of amides is 2. The molecule has 6 rings (SSSR count). The Labute approximate surface area is 193 Å². The highest BCUT2D eigenvalue weighted by atomic mass is 16.2. The third kappa shape index (κ3) is 3.10. The molecule has 3 aliphatic rings. The molecule has 3 aromatic carbocycles. The lowest BCUT2D eigenvalue weighted by atomic mass is 9.75. The first-order chi connectivity index (χ1) is 16.2. The zero-order chi connectivity index (χ0) is 22.4. The molecule has 33 heavy (non-hydrogen) atoms. The van der Waals surface area contributed by atoms with Gasteiger partial charge in [0.25, 0.3) is 11.8 Å². The largest absolute Gasteiger partial charge is 0.370 e. The van der Waals surface area contributed by atoms with Crippen LogP contribution >= 0.6 is 0 Å². The van der Waals surface area contributed by atoms with Crippen LogP contribution in [0.25, 0.3) is 0 Å². The summed E-state index contributed by atoms with van der Waals surface area (Å²) >= 11 is 0. The van der Waals surface area contributed by atoms with Crippen molar-refractivity contribution in [1.82, 2.24) is 4.90 Å². The van der Waals surface area contributed by atoms with Gasteiger partial charge in [0, 0.05) is 31.0 Å². The van der Waals surface area contributed by atoms with Crippen LogP contribution in [0.3, 0.4) is 0 Å². The molecule has 0 N–H and O–H groups in total. The van der Waals surface area contributed by atoms with Gasteiger partial charge in [0.2, 0.25) is 0 Å². The van der Waals surface area contributed by atoms with E-state index in [0.717, 1.165) is 31.6 Å². The van der Waals surface area contributed by atoms with E-state index in [2.05, 4.69) is 47.4 Å². The topological polar surface area (TPSA) is 53.0 Å². The van der Waals surface area contributed by atoms with E-state index < -0.39 is 0 Å². The number of aliphatic imine (C=N–C) groups is 1. The van der Waals surface area contributed by atoms with Crippen LogP contribution in [0.15, 0.2) is 83.9 Å². The molecule has 5 heteroatoms. The summed E-state index contributed by atoms with van der Waals surface area (Å²) in [5.41, 5.74) is 5.71. The number of hydrogen-bond acceptors (Lipinski definition) is 4. The molecule has 3 aromatic rings. The second-order valence-electron chi connectivity index (χ2n) is 9.08. The molecule has 0 bridgehead atoms. The van der Waals surface area contributed by atoms with E-state index in [1.807, 2.05) is 12.1 Å². The fourth-order valence-corrected chi connectivity index (χ4v) is 5.65. The first-order valence-electron chi connectivity index (χ1n) is 11.6. The highest BCUT2D eigenvalue weighted by Gasteiger charge is 2.48. The highest BCUT2D eigenvalue weighted by Crippen LogP contribution is 2.47. The molecule has 0 aromatic heterocycles. The van der Waals surface area contributed by atoms with Gasteiger partial charge in [-0.1, -0.05) is 48.5 Å². The van der Waals surface area contributed by atoms with Crippen molar-refractivity contribution in [2.45, 2.75) is 24.7 Å². The Morgan fingerprint density at radius 3 is 2.24 bits per heavy atom. The zero-order valence-electron chi connectivity index (χ0n) is 18.4. The molecule has 3 heterocycles. The number of anilines is 1. The van der Waals surface area contributed by atoms with Gasteiger partial charge in [0.15, 0.2) is 0 Å². The molecule has 0 radical (unpaired) electrons. The number of carbonyl (C=O) groups is 2. The van der Waals surface area contributed by atoms with Crippen LogP contribution in [0.1, 0.15) is 45.5 Å². The second-order valence-corrected chi connectivity index (χ2v) is 9.08. The van der Waals surface area contributed by atoms with Crippen LogP contribution in [0, 0.1) is 0 Å². The van der Waals surface area contributed by atoms with Crippen LogP contribution in [0.4, 0.5) is 11.4 Å². The summed E-state index contributed by atoms with van der Waals surface area (Å²) < 4.78 is 0. The van der Waals surface area contributed by atoms with Gasteiger partial charge < -0.3 is 4.90 Å². The first-order valence-corrected chi connectivity index (χ1v) is 11.6. The minimum atomic E-state index is -0.182. The van der Waals surface area contributed by atoms with Gasteiger partial charge in [0.1, 0.15) is 0 Å². The van der Waals surface area contributed by atoms with Gasteiger partial charge in [-0.3, -0.25) is 19.5 Å². The van der Waals surface area contributed by atoms with Crippen molar-refractivity contribution in [2.24, 2.45) is 4.99 Å². The average molecular weight is 436 g/mol. The van der Waals surface area contributed by atoms with Crippen molar-refractivity contribution in [3.8, 4) is 0 Å². The maximum absolute atomic E-state index is 12.7. The van der Waals surface area contributed by atoms with E-state index >= 15 is 0 Å². The predicted octanol–water partition coefficient (Wildman–Crippen LogP) is 5.00. The second kappa shape index (κ2) is 7.69.